The average Bonchev–Trinajstić information content (AvgIpc) is 2.94. The monoisotopic (exact) mass is 349 g/mol. The van der Waals surface area contributed by atoms with Crippen molar-refractivity contribution in [2.45, 2.75) is 40.2 Å². The van der Waals surface area contributed by atoms with E-state index in [2.05, 4.69) is 33.0 Å². The van der Waals surface area contributed by atoms with E-state index in [9.17, 15) is 14.7 Å². The van der Waals surface area contributed by atoms with E-state index in [4.69, 9.17) is 9.47 Å². The topological polar surface area (TPSA) is 84.9 Å². The summed E-state index contributed by atoms with van der Waals surface area (Å²) in [6, 6.07) is 4.53. The third-order valence-electron chi connectivity index (χ3n) is 5.79. The summed E-state index contributed by atoms with van der Waals surface area (Å²) in [6.45, 7) is 8.22. The lowest BCUT2D eigenvalue weighted by Gasteiger charge is -2.20. The van der Waals surface area contributed by atoms with Gasteiger partial charge in [-0.1, -0.05) is 33.8 Å². The number of nitrogens with one attached hydrogen (secondary N) is 1. The zero-order valence-electron chi connectivity index (χ0n) is 15.7. The molecular formula is C19H27NO5. The Bertz CT molecular complexity index is 666. The van der Waals surface area contributed by atoms with Gasteiger partial charge in [0.1, 0.15) is 0 Å². The van der Waals surface area contributed by atoms with Gasteiger partial charge in [0.15, 0.2) is 11.5 Å². The molecule has 1 aromatic rings. The van der Waals surface area contributed by atoms with Crippen LogP contribution >= 0.6 is 0 Å². The van der Waals surface area contributed by atoms with E-state index in [1.807, 2.05) is 0 Å². The van der Waals surface area contributed by atoms with E-state index in [0.29, 0.717) is 17.1 Å². The van der Waals surface area contributed by atoms with Crippen molar-refractivity contribution in [3.05, 3.63) is 23.8 Å². The third-order valence-corrected chi connectivity index (χ3v) is 5.79. The Kier molecular flexibility index (Phi) is 5.02. The molecule has 0 aliphatic heterocycles. The van der Waals surface area contributed by atoms with Crippen molar-refractivity contribution in [3.63, 3.8) is 0 Å². The van der Waals surface area contributed by atoms with Gasteiger partial charge in [0.05, 0.1) is 26.7 Å². The predicted octanol–water partition coefficient (Wildman–Crippen LogP) is 3.02. The van der Waals surface area contributed by atoms with Crippen LogP contribution in [-0.2, 0) is 9.59 Å². The molecule has 1 atom stereocenters. The van der Waals surface area contributed by atoms with Crippen molar-refractivity contribution in [1.29, 1.82) is 0 Å². The number of carbonyl (C=O) groups is 2. The van der Waals surface area contributed by atoms with E-state index in [-0.39, 0.29) is 29.1 Å². The number of aliphatic carboxylic acids is 1. The van der Waals surface area contributed by atoms with Gasteiger partial charge in [-0.25, -0.2) is 0 Å². The number of hydrogen-bond acceptors (Lipinski definition) is 4. The highest BCUT2D eigenvalue weighted by atomic mass is 16.5. The first kappa shape index (κ1) is 19.1. The predicted molar refractivity (Wildman–Crippen MR) is 93.7 cm³/mol. The van der Waals surface area contributed by atoms with Crippen molar-refractivity contribution < 1.29 is 24.2 Å². The molecule has 25 heavy (non-hydrogen) atoms. The standard InChI is InChI=1S/C19H27NO5/c1-18(2)16(19(18,3)4)17(23)20-12(10-15(21)22)11-7-8-13(24-5)14(9-11)25-6/h7-9,12,16H,10H2,1-6H3,(H,20,23)(H,21,22). The smallest absolute Gasteiger partial charge is 0.305 e. The van der Waals surface area contributed by atoms with Gasteiger partial charge in [-0.2, -0.15) is 0 Å². The van der Waals surface area contributed by atoms with Crippen LogP contribution in [0.3, 0.4) is 0 Å². The highest BCUT2D eigenvalue weighted by molar-refractivity contribution is 5.85. The lowest BCUT2D eigenvalue weighted by Crippen LogP contribution is -2.33. The van der Waals surface area contributed by atoms with Crippen LogP contribution in [0.15, 0.2) is 18.2 Å². The van der Waals surface area contributed by atoms with Gasteiger partial charge in [0.25, 0.3) is 0 Å². The molecule has 2 N–H and O–H groups in total. The number of benzene rings is 1. The molecule has 1 aromatic carbocycles. The fourth-order valence-corrected chi connectivity index (χ4v) is 3.60. The summed E-state index contributed by atoms with van der Waals surface area (Å²) in [7, 11) is 3.05. The molecule has 1 aliphatic rings. The fourth-order valence-electron chi connectivity index (χ4n) is 3.60. The van der Waals surface area contributed by atoms with Crippen molar-refractivity contribution in [2.24, 2.45) is 16.7 Å². The molecule has 1 unspecified atom stereocenters. The summed E-state index contributed by atoms with van der Waals surface area (Å²) in [4.78, 5) is 24.0. The second kappa shape index (κ2) is 6.58. The lowest BCUT2D eigenvalue weighted by molar-refractivity contribution is -0.137. The van der Waals surface area contributed by atoms with E-state index >= 15 is 0 Å². The van der Waals surface area contributed by atoms with Crippen LogP contribution in [0.25, 0.3) is 0 Å². The molecule has 1 saturated carbocycles. The maximum atomic E-state index is 12.7. The first-order valence-electron chi connectivity index (χ1n) is 8.30. The molecule has 6 nitrogen and oxygen atoms in total. The van der Waals surface area contributed by atoms with Crippen LogP contribution in [0, 0.1) is 16.7 Å². The Hall–Kier alpha value is -2.24. The summed E-state index contributed by atoms with van der Waals surface area (Å²) in [5.41, 5.74) is 0.454. The molecule has 1 amide bonds. The van der Waals surface area contributed by atoms with Crippen molar-refractivity contribution in [2.75, 3.05) is 14.2 Å². The first-order valence-corrected chi connectivity index (χ1v) is 8.30. The van der Waals surface area contributed by atoms with Crippen LogP contribution in [0.5, 0.6) is 11.5 Å². The number of ether oxygens (including phenoxy) is 2. The molecule has 0 radical (unpaired) electrons. The summed E-state index contributed by atoms with van der Waals surface area (Å²) < 4.78 is 10.5. The maximum absolute atomic E-state index is 12.7. The molecular weight excluding hydrogens is 322 g/mol. The Morgan fingerprint density at radius 1 is 1.12 bits per heavy atom. The second-order valence-electron chi connectivity index (χ2n) is 7.65. The molecule has 0 heterocycles. The summed E-state index contributed by atoms with van der Waals surface area (Å²) in [6.07, 6.45) is -0.200. The molecule has 1 aliphatic carbocycles. The van der Waals surface area contributed by atoms with Crippen molar-refractivity contribution in [3.8, 4) is 11.5 Å². The fraction of sp³-hybridized carbons (Fsp3) is 0.579. The normalized spacial score (nSPS) is 19.0. The molecule has 0 spiro atoms. The van der Waals surface area contributed by atoms with Crippen LogP contribution < -0.4 is 14.8 Å². The van der Waals surface area contributed by atoms with Crippen LogP contribution in [0.4, 0.5) is 0 Å². The maximum Gasteiger partial charge on any atom is 0.305 e. The number of carboxylic acid groups (broad SMARTS) is 1. The molecule has 0 aromatic heterocycles. The number of methoxy groups -OCH3 is 2. The number of amides is 1. The quantitative estimate of drug-likeness (QED) is 0.790. The summed E-state index contributed by atoms with van der Waals surface area (Å²) in [5.74, 6) is -0.185. The van der Waals surface area contributed by atoms with Gasteiger partial charge in [-0.3, -0.25) is 9.59 Å². The average molecular weight is 349 g/mol. The number of rotatable bonds is 7. The molecule has 2 rings (SSSR count). The minimum Gasteiger partial charge on any atom is -0.493 e. The van der Waals surface area contributed by atoms with Crippen LogP contribution in [0.1, 0.15) is 45.7 Å². The van der Waals surface area contributed by atoms with E-state index < -0.39 is 12.0 Å². The highest BCUT2D eigenvalue weighted by Gasteiger charge is 2.68. The van der Waals surface area contributed by atoms with Crippen LogP contribution in [0.2, 0.25) is 0 Å². The second-order valence-corrected chi connectivity index (χ2v) is 7.65. The highest BCUT2D eigenvalue weighted by Crippen LogP contribution is 2.68. The third kappa shape index (κ3) is 3.43. The van der Waals surface area contributed by atoms with E-state index in [1.165, 1.54) is 14.2 Å². The number of hydrogen-bond donors (Lipinski definition) is 2. The molecule has 1 fully saturated rings. The van der Waals surface area contributed by atoms with Crippen molar-refractivity contribution >= 4 is 11.9 Å². The Labute approximate surface area is 148 Å². The van der Waals surface area contributed by atoms with Gasteiger partial charge in [0.2, 0.25) is 5.91 Å². The van der Waals surface area contributed by atoms with Crippen molar-refractivity contribution in [1.82, 2.24) is 5.32 Å². The molecule has 0 saturated heterocycles. The number of carboxylic acids is 1. The lowest BCUT2D eigenvalue weighted by atomic mass is 10.0. The summed E-state index contributed by atoms with van der Waals surface area (Å²) >= 11 is 0. The Balaban J connectivity index is 2.26. The number of carbonyl (C=O) groups excluding carboxylic acids is 1. The first-order chi connectivity index (χ1) is 11.6. The Morgan fingerprint density at radius 2 is 1.68 bits per heavy atom. The Morgan fingerprint density at radius 3 is 2.12 bits per heavy atom. The van der Waals surface area contributed by atoms with Gasteiger partial charge in [-0.15, -0.1) is 0 Å². The summed E-state index contributed by atoms with van der Waals surface area (Å²) in [5, 5.41) is 12.1. The zero-order valence-corrected chi connectivity index (χ0v) is 15.7. The SMILES string of the molecule is COc1ccc(C(CC(=O)O)NC(=O)C2C(C)(C)C2(C)C)cc1OC. The zero-order chi connectivity index (χ0) is 19.0. The largest absolute Gasteiger partial charge is 0.493 e. The van der Waals surface area contributed by atoms with E-state index in [1.54, 1.807) is 18.2 Å². The van der Waals surface area contributed by atoms with Gasteiger partial charge < -0.3 is 19.9 Å². The molecule has 6 heteroatoms. The van der Waals surface area contributed by atoms with Gasteiger partial charge in [-0.05, 0) is 28.5 Å². The molecule has 138 valence electrons. The minimum atomic E-state index is -0.977. The molecule has 0 bridgehead atoms. The van der Waals surface area contributed by atoms with Gasteiger partial charge >= 0.3 is 5.97 Å². The van der Waals surface area contributed by atoms with Crippen LogP contribution in [-0.4, -0.2) is 31.2 Å². The van der Waals surface area contributed by atoms with E-state index in [0.717, 1.165) is 0 Å². The minimum absolute atomic E-state index is 0.109. The van der Waals surface area contributed by atoms with Gasteiger partial charge in [0, 0.05) is 5.92 Å².